The highest BCUT2D eigenvalue weighted by Crippen LogP contribution is 2.41. The number of ketones is 3. The number of rotatable bonds is 25. The van der Waals surface area contributed by atoms with Crippen molar-refractivity contribution in [2.75, 3.05) is 40.0 Å². The summed E-state index contributed by atoms with van der Waals surface area (Å²) in [5.74, 6) is -3.65. The van der Waals surface area contributed by atoms with Crippen molar-refractivity contribution in [2.45, 2.75) is 129 Å². The Morgan fingerprint density at radius 1 is 0.883 bits per heavy atom. The number of likely N-dealkylation sites (N-methyl/N-ethyl adjacent to an activating group) is 1. The number of ether oxygens (including phenoxy) is 2. The third kappa shape index (κ3) is 15.1. The molecule has 1 heterocycles. The number of amides is 2. The summed E-state index contributed by atoms with van der Waals surface area (Å²) in [6.07, 6.45) is 10.3. The van der Waals surface area contributed by atoms with Crippen LogP contribution in [0.25, 0.3) is 11.1 Å². The van der Waals surface area contributed by atoms with E-state index in [1.54, 1.807) is 37.3 Å². The van der Waals surface area contributed by atoms with E-state index >= 15 is 0 Å². The van der Waals surface area contributed by atoms with Crippen molar-refractivity contribution in [3.63, 3.8) is 0 Å². The van der Waals surface area contributed by atoms with E-state index in [1.165, 1.54) is 44.1 Å². The van der Waals surface area contributed by atoms with E-state index in [2.05, 4.69) is 18.3 Å². The smallest absolute Gasteiger partial charge is 0.229 e. The number of carbonyl (C=O) groups is 5. The van der Waals surface area contributed by atoms with E-state index in [0.717, 1.165) is 19.3 Å². The predicted octanol–water partition coefficient (Wildman–Crippen LogP) is 6.16. The largest absolute Gasteiger partial charge is 0.492 e. The van der Waals surface area contributed by atoms with Gasteiger partial charge in [0.15, 0.2) is 11.6 Å². The molecule has 2 aromatic carbocycles. The quantitative estimate of drug-likeness (QED) is 0.0831. The minimum atomic E-state index is -1.23. The zero-order valence-corrected chi connectivity index (χ0v) is 36.3. The lowest BCUT2D eigenvalue weighted by molar-refractivity contribution is -0.144. The van der Waals surface area contributed by atoms with Gasteiger partial charge in [-0.3, -0.25) is 24.0 Å². The molecule has 1 aliphatic rings. The molecule has 13 nitrogen and oxygen atoms in total. The molecule has 0 saturated heterocycles. The average molecular weight is 832 g/mol. The third-order valence-electron chi connectivity index (χ3n) is 11.3. The molecule has 0 saturated carbocycles. The molecule has 3 rings (SSSR count). The lowest BCUT2D eigenvalue weighted by atomic mass is 9.88. The van der Waals surface area contributed by atoms with Crippen LogP contribution in [0, 0.1) is 29.1 Å². The molecule has 4 bridgehead atoms. The maximum absolute atomic E-state index is 14.5. The Morgan fingerprint density at radius 2 is 1.48 bits per heavy atom. The molecule has 6 N–H and O–H groups in total. The predicted molar refractivity (Wildman–Crippen MR) is 232 cm³/mol. The molecule has 0 aliphatic carbocycles. The van der Waals surface area contributed by atoms with Crippen molar-refractivity contribution >= 4 is 29.2 Å². The van der Waals surface area contributed by atoms with Gasteiger partial charge >= 0.3 is 0 Å². The van der Waals surface area contributed by atoms with Gasteiger partial charge in [0, 0.05) is 62.9 Å². The van der Waals surface area contributed by atoms with Gasteiger partial charge in [0.05, 0.1) is 30.6 Å². The van der Waals surface area contributed by atoms with Crippen molar-refractivity contribution in [1.29, 1.82) is 5.26 Å². The van der Waals surface area contributed by atoms with Gasteiger partial charge < -0.3 is 36.3 Å². The van der Waals surface area contributed by atoms with Gasteiger partial charge in [0.1, 0.15) is 36.5 Å². The first-order valence-electron chi connectivity index (χ1n) is 22.0. The molecule has 60 heavy (non-hydrogen) atoms. The lowest BCUT2D eigenvalue weighted by Crippen LogP contribution is -2.46. The number of nitriles is 1. The van der Waals surface area contributed by atoms with Crippen LogP contribution in [0.5, 0.6) is 11.5 Å². The van der Waals surface area contributed by atoms with Crippen molar-refractivity contribution in [3.8, 4) is 28.7 Å². The maximum atomic E-state index is 14.5. The maximum Gasteiger partial charge on any atom is 0.229 e. The summed E-state index contributed by atoms with van der Waals surface area (Å²) in [4.78, 5) is 70.6. The number of nitrogens with one attached hydrogen (secondary N) is 1. The van der Waals surface area contributed by atoms with Gasteiger partial charge in [0.25, 0.3) is 0 Å². The number of hydrogen-bond acceptors (Lipinski definition) is 11. The number of fused-ring (bicyclic) bond motifs is 5. The fraction of sp³-hybridized carbons (Fsp3) is 0.617. The monoisotopic (exact) mass is 832 g/mol. The molecule has 2 amide bonds. The SMILES string of the molecule is CCCCCCCCCCCC(=O)C[C@@H](CO)C(=O)N(C)[C@@H]1C(=O)C[C@@H](C)C(=O)N[C@H](C(=O)C[C@H](C#N)CC)Cc2ccc(OCCN)c(c2)-c2cc1ccc2OCCN. The highest BCUT2D eigenvalue weighted by Gasteiger charge is 2.36. The fourth-order valence-electron chi connectivity index (χ4n) is 7.68. The first-order chi connectivity index (χ1) is 28.9. The number of benzene rings is 2. The van der Waals surface area contributed by atoms with Crippen LogP contribution in [0.3, 0.4) is 0 Å². The standard InChI is InChI=1S/C47H69N5O8/c1-5-7-8-9-10-11-12-13-14-15-37(54)28-36(31-53)47(58)52(4)45-35-17-19-44(60-23-21-49)39(29-35)38-25-34(16-18-43(38)59-22-20-48)26-40(41(55)27-33(6-2)30-50)51-46(57)32(3)24-42(45)56/h16-19,25,29,32-33,36,40,45,53H,5-15,20-24,26-28,31,48-49H2,1-4H3,(H,51,57)/t32-,33-,36+,40+,45+/m1/s1. The summed E-state index contributed by atoms with van der Waals surface area (Å²) in [5.41, 5.74) is 13.8. The molecule has 13 heteroatoms. The Bertz CT molecular complexity index is 1760. The second kappa shape index (κ2) is 26.5. The molecule has 5 atom stereocenters. The topological polar surface area (TPSA) is 215 Å². The Kier molecular flexibility index (Phi) is 22.0. The Labute approximate surface area is 356 Å². The van der Waals surface area contributed by atoms with Crippen LogP contribution in [0.2, 0.25) is 0 Å². The number of aliphatic hydroxyl groups is 1. The van der Waals surface area contributed by atoms with Crippen LogP contribution in [0.1, 0.15) is 128 Å². The van der Waals surface area contributed by atoms with E-state index in [0.29, 0.717) is 53.0 Å². The van der Waals surface area contributed by atoms with E-state index < -0.39 is 54.0 Å². The normalized spacial score (nSPS) is 17.7. The summed E-state index contributed by atoms with van der Waals surface area (Å²) >= 11 is 0. The zero-order valence-electron chi connectivity index (χ0n) is 36.3. The molecule has 0 fully saturated rings. The molecule has 0 unspecified atom stereocenters. The van der Waals surface area contributed by atoms with Gasteiger partial charge in [-0.05, 0) is 54.7 Å². The average Bonchev–Trinajstić information content (AvgIpc) is 3.24. The van der Waals surface area contributed by atoms with Crippen LogP contribution < -0.4 is 26.3 Å². The number of hydrogen-bond donors (Lipinski definition) is 4. The molecular weight excluding hydrogens is 763 g/mol. The minimum absolute atomic E-state index is 0.0579. The van der Waals surface area contributed by atoms with Gasteiger partial charge in [-0.1, -0.05) is 84.3 Å². The molecular formula is C47H69N5O8. The first kappa shape index (κ1) is 49.7. The summed E-state index contributed by atoms with van der Waals surface area (Å²) in [6, 6.07) is 10.4. The summed E-state index contributed by atoms with van der Waals surface area (Å²) < 4.78 is 12.2. The molecule has 2 aromatic rings. The highest BCUT2D eigenvalue weighted by molar-refractivity contribution is 5.96. The van der Waals surface area contributed by atoms with Crippen LogP contribution in [-0.2, 0) is 30.4 Å². The van der Waals surface area contributed by atoms with Gasteiger partial charge in [-0.15, -0.1) is 0 Å². The van der Waals surface area contributed by atoms with Crippen molar-refractivity contribution in [1.82, 2.24) is 10.2 Å². The third-order valence-corrected chi connectivity index (χ3v) is 11.3. The Morgan fingerprint density at radius 3 is 2.07 bits per heavy atom. The van der Waals surface area contributed by atoms with Gasteiger partial charge in [0.2, 0.25) is 11.8 Å². The Hall–Kier alpha value is -4.64. The second-order valence-corrected chi connectivity index (χ2v) is 16.2. The first-order valence-corrected chi connectivity index (χ1v) is 22.0. The van der Waals surface area contributed by atoms with Gasteiger partial charge in [-0.2, -0.15) is 5.26 Å². The minimum Gasteiger partial charge on any atom is -0.492 e. The fourth-order valence-corrected chi connectivity index (χ4v) is 7.68. The van der Waals surface area contributed by atoms with E-state index in [-0.39, 0.29) is 63.6 Å². The summed E-state index contributed by atoms with van der Waals surface area (Å²) in [7, 11) is 1.47. The van der Waals surface area contributed by atoms with Crippen LogP contribution >= 0.6 is 0 Å². The lowest BCUT2D eigenvalue weighted by Gasteiger charge is -2.32. The molecule has 330 valence electrons. The van der Waals surface area contributed by atoms with Crippen LogP contribution in [0.15, 0.2) is 36.4 Å². The molecule has 1 aliphatic heterocycles. The van der Waals surface area contributed by atoms with Crippen LogP contribution in [0.4, 0.5) is 0 Å². The zero-order chi connectivity index (χ0) is 44.0. The van der Waals surface area contributed by atoms with Crippen molar-refractivity contribution in [2.24, 2.45) is 29.2 Å². The highest BCUT2D eigenvalue weighted by atomic mass is 16.5. The number of aliphatic hydroxyl groups excluding tert-OH is 1. The van der Waals surface area contributed by atoms with Crippen LogP contribution in [-0.4, -0.2) is 85.2 Å². The second-order valence-electron chi connectivity index (χ2n) is 16.2. The van der Waals surface area contributed by atoms with Crippen molar-refractivity contribution < 1.29 is 38.6 Å². The van der Waals surface area contributed by atoms with Crippen molar-refractivity contribution in [3.05, 3.63) is 47.5 Å². The summed E-state index contributed by atoms with van der Waals surface area (Å²) in [5, 5.41) is 22.9. The number of Topliss-reactive ketones (excluding diaryl/α,β-unsaturated/α-hetero) is 3. The number of nitrogens with two attached hydrogens (primary N) is 2. The molecule has 0 radical (unpaired) electrons. The van der Waals surface area contributed by atoms with E-state index in [4.69, 9.17) is 20.9 Å². The molecule has 0 aromatic heterocycles. The number of nitrogens with zero attached hydrogens (tertiary/aromatic N) is 2. The number of unbranched alkanes of at least 4 members (excludes halogenated alkanes) is 8. The number of carbonyl (C=O) groups excluding carboxylic acids is 5. The van der Waals surface area contributed by atoms with E-state index in [1.807, 2.05) is 13.0 Å². The van der Waals surface area contributed by atoms with E-state index in [9.17, 15) is 34.3 Å². The molecule has 0 spiro atoms. The van der Waals surface area contributed by atoms with Gasteiger partial charge in [-0.25, -0.2) is 0 Å². The summed E-state index contributed by atoms with van der Waals surface area (Å²) in [6.45, 7) is 5.83. The Balaban J connectivity index is 2.05.